The van der Waals surface area contributed by atoms with Gasteiger partial charge >= 0.3 is 0 Å². The van der Waals surface area contributed by atoms with Gasteiger partial charge in [0.25, 0.3) is 0 Å². The number of nitrogens with zero attached hydrogens (tertiary/aromatic N) is 4. The standard InChI is InChI=1S/C27H40N6O3/c1-30(2)24-15-21(3-4-22(24)33(19-34)23-5-6-25(35)29-26(23)36)32-17-27(18-32)9-13-31(14-10-27)16-20-7-11-28-12-8-20/h3-4,15,19-20,23,28H,5-14,16-18H2,1-2H3,(H,29,35,36). The summed E-state index contributed by atoms with van der Waals surface area (Å²) in [5, 5.41) is 5.83. The number of piperidine rings is 3. The van der Waals surface area contributed by atoms with E-state index in [-0.39, 0.29) is 12.3 Å². The normalized spacial score (nSPS) is 24.8. The monoisotopic (exact) mass is 496 g/mol. The van der Waals surface area contributed by atoms with E-state index < -0.39 is 11.9 Å². The van der Waals surface area contributed by atoms with E-state index in [0.29, 0.717) is 23.9 Å². The van der Waals surface area contributed by atoms with Gasteiger partial charge in [-0.2, -0.15) is 0 Å². The quantitative estimate of drug-likeness (QED) is 0.436. The van der Waals surface area contributed by atoms with E-state index >= 15 is 0 Å². The highest BCUT2D eigenvalue weighted by atomic mass is 16.2. The lowest BCUT2D eigenvalue weighted by molar-refractivity contribution is -0.134. The van der Waals surface area contributed by atoms with Crippen molar-refractivity contribution in [1.82, 2.24) is 15.5 Å². The van der Waals surface area contributed by atoms with Crippen molar-refractivity contribution in [3.05, 3.63) is 18.2 Å². The average molecular weight is 497 g/mol. The molecule has 4 aliphatic rings. The first-order valence-corrected chi connectivity index (χ1v) is 13.4. The Bertz CT molecular complexity index is 976. The number of nitrogens with one attached hydrogen (secondary N) is 2. The third-order valence-electron chi connectivity index (χ3n) is 8.69. The first kappa shape index (κ1) is 25.0. The molecule has 4 heterocycles. The van der Waals surface area contributed by atoms with Gasteiger partial charge in [0.15, 0.2) is 0 Å². The van der Waals surface area contributed by atoms with Crippen molar-refractivity contribution in [2.45, 2.75) is 44.6 Å². The van der Waals surface area contributed by atoms with E-state index in [1.807, 2.05) is 25.1 Å². The predicted molar refractivity (Wildman–Crippen MR) is 141 cm³/mol. The Morgan fingerprint density at radius 2 is 1.78 bits per heavy atom. The highest BCUT2D eigenvalue weighted by Gasteiger charge is 2.45. The maximum atomic E-state index is 12.4. The SMILES string of the molecule is CN(C)c1cc(N2CC3(CCN(CC4CCNCC4)CC3)C2)ccc1N(C=O)C1CCC(=O)NC1=O. The molecule has 1 aromatic carbocycles. The Labute approximate surface area is 214 Å². The average Bonchev–Trinajstić information content (AvgIpc) is 2.85. The Morgan fingerprint density at radius 3 is 2.42 bits per heavy atom. The number of hydrogen-bond donors (Lipinski definition) is 2. The molecule has 4 fully saturated rings. The molecule has 2 N–H and O–H groups in total. The molecule has 9 heteroatoms. The number of hydrogen-bond acceptors (Lipinski definition) is 7. The molecule has 0 saturated carbocycles. The van der Waals surface area contributed by atoms with Crippen molar-refractivity contribution in [2.75, 3.05) is 74.6 Å². The molecule has 0 aromatic heterocycles. The molecule has 36 heavy (non-hydrogen) atoms. The van der Waals surface area contributed by atoms with E-state index in [2.05, 4.69) is 32.6 Å². The van der Waals surface area contributed by atoms with Crippen molar-refractivity contribution < 1.29 is 14.4 Å². The third-order valence-corrected chi connectivity index (χ3v) is 8.69. The van der Waals surface area contributed by atoms with E-state index in [9.17, 15) is 14.4 Å². The van der Waals surface area contributed by atoms with Gasteiger partial charge in [0.05, 0.1) is 11.4 Å². The van der Waals surface area contributed by atoms with Gasteiger partial charge in [-0.05, 0) is 82.4 Å². The first-order valence-electron chi connectivity index (χ1n) is 13.4. The predicted octanol–water partition coefficient (Wildman–Crippen LogP) is 1.42. The number of rotatable bonds is 7. The molecule has 3 amide bonds. The van der Waals surface area contributed by atoms with Gasteiger partial charge in [-0.25, -0.2) is 0 Å². The Balaban J connectivity index is 1.22. The van der Waals surface area contributed by atoms with Crippen LogP contribution in [0.25, 0.3) is 0 Å². The van der Waals surface area contributed by atoms with Crippen molar-refractivity contribution in [2.24, 2.45) is 11.3 Å². The highest BCUT2D eigenvalue weighted by molar-refractivity contribution is 6.04. The summed E-state index contributed by atoms with van der Waals surface area (Å²) in [5.41, 5.74) is 3.15. The molecule has 4 saturated heterocycles. The maximum Gasteiger partial charge on any atom is 0.249 e. The third kappa shape index (κ3) is 5.09. The summed E-state index contributed by atoms with van der Waals surface area (Å²) in [6, 6.07) is 5.45. The van der Waals surface area contributed by atoms with Crippen molar-refractivity contribution in [3.8, 4) is 0 Å². The van der Waals surface area contributed by atoms with E-state index in [0.717, 1.165) is 30.4 Å². The Kier molecular flexibility index (Phi) is 7.21. The summed E-state index contributed by atoms with van der Waals surface area (Å²) >= 11 is 0. The number of carbonyl (C=O) groups is 3. The lowest BCUT2D eigenvalue weighted by Crippen LogP contribution is -2.60. The number of benzene rings is 1. The highest BCUT2D eigenvalue weighted by Crippen LogP contribution is 2.44. The number of imide groups is 1. The minimum absolute atomic E-state index is 0.237. The minimum atomic E-state index is -0.674. The van der Waals surface area contributed by atoms with Crippen LogP contribution >= 0.6 is 0 Å². The van der Waals surface area contributed by atoms with Crippen LogP contribution in [0.4, 0.5) is 17.1 Å². The molecule has 9 nitrogen and oxygen atoms in total. The Hall–Kier alpha value is -2.65. The summed E-state index contributed by atoms with van der Waals surface area (Å²) in [7, 11) is 3.90. The molecule has 0 radical (unpaired) electrons. The molecular formula is C27H40N6O3. The van der Waals surface area contributed by atoms with Crippen LogP contribution < -0.4 is 25.3 Å². The van der Waals surface area contributed by atoms with E-state index in [1.165, 1.54) is 63.3 Å². The molecule has 1 spiro atoms. The summed E-state index contributed by atoms with van der Waals surface area (Å²) in [4.78, 5) is 44.7. The van der Waals surface area contributed by atoms with E-state index in [1.54, 1.807) is 0 Å². The smallest absolute Gasteiger partial charge is 0.249 e. The lowest BCUT2D eigenvalue weighted by atomic mass is 9.71. The number of carbonyl (C=O) groups excluding carboxylic acids is 3. The van der Waals surface area contributed by atoms with Crippen LogP contribution in [0.3, 0.4) is 0 Å². The molecule has 1 unspecified atom stereocenters. The summed E-state index contributed by atoms with van der Waals surface area (Å²) in [5.74, 6) is 0.157. The van der Waals surface area contributed by atoms with Crippen molar-refractivity contribution >= 4 is 35.3 Å². The van der Waals surface area contributed by atoms with Crippen molar-refractivity contribution in [1.29, 1.82) is 0 Å². The van der Waals surface area contributed by atoms with Gasteiger partial charge in [0.2, 0.25) is 18.2 Å². The molecule has 1 aromatic rings. The molecule has 196 valence electrons. The minimum Gasteiger partial charge on any atom is -0.376 e. The second-order valence-electron chi connectivity index (χ2n) is 11.4. The zero-order valence-electron chi connectivity index (χ0n) is 21.7. The molecule has 0 aliphatic carbocycles. The van der Waals surface area contributed by atoms with Crippen LogP contribution in [0.1, 0.15) is 38.5 Å². The van der Waals surface area contributed by atoms with Crippen LogP contribution in [0.15, 0.2) is 18.2 Å². The summed E-state index contributed by atoms with van der Waals surface area (Å²) < 4.78 is 0. The largest absolute Gasteiger partial charge is 0.376 e. The fourth-order valence-electron chi connectivity index (χ4n) is 6.43. The van der Waals surface area contributed by atoms with Gasteiger partial charge < -0.3 is 24.9 Å². The molecule has 0 bridgehead atoms. The summed E-state index contributed by atoms with van der Waals surface area (Å²) in [6.45, 7) is 8.16. The van der Waals surface area contributed by atoms with Gasteiger partial charge in [-0.15, -0.1) is 0 Å². The van der Waals surface area contributed by atoms with Gasteiger partial charge in [0, 0.05) is 51.3 Å². The maximum absolute atomic E-state index is 12.4. The first-order chi connectivity index (χ1) is 17.4. The van der Waals surface area contributed by atoms with Crippen LogP contribution in [-0.2, 0) is 14.4 Å². The summed E-state index contributed by atoms with van der Waals surface area (Å²) in [6.07, 6.45) is 6.43. The molecule has 4 aliphatic heterocycles. The number of likely N-dealkylation sites (tertiary alicyclic amines) is 1. The lowest BCUT2D eigenvalue weighted by Gasteiger charge is -2.55. The van der Waals surface area contributed by atoms with E-state index in [4.69, 9.17) is 0 Å². The van der Waals surface area contributed by atoms with Crippen LogP contribution in [0, 0.1) is 11.3 Å². The second kappa shape index (κ2) is 10.4. The van der Waals surface area contributed by atoms with Crippen LogP contribution in [0.5, 0.6) is 0 Å². The van der Waals surface area contributed by atoms with Gasteiger partial charge in [0.1, 0.15) is 6.04 Å². The fraction of sp³-hybridized carbons (Fsp3) is 0.667. The van der Waals surface area contributed by atoms with Gasteiger partial charge in [-0.3, -0.25) is 19.7 Å². The molecule has 1 atom stereocenters. The second-order valence-corrected chi connectivity index (χ2v) is 11.4. The molecular weight excluding hydrogens is 456 g/mol. The Morgan fingerprint density at radius 1 is 1.06 bits per heavy atom. The fourth-order valence-corrected chi connectivity index (χ4v) is 6.43. The molecule has 5 rings (SSSR count). The number of amides is 3. The van der Waals surface area contributed by atoms with Crippen molar-refractivity contribution in [3.63, 3.8) is 0 Å². The van der Waals surface area contributed by atoms with Gasteiger partial charge in [-0.1, -0.05) is 0 Å². The number of anilines is 3. The zero-order chi connectivity index (χ0) is 25.3. The zero-order valence-corrected chi connectivity index (χ0v) is 21.7. The van der Waals surface area contributed by atoms with Crippen LogP contribution in [0.2, 0.25) is 0 Å². The van der Waals surface area contributed by atoms with Crippen LogP contribution in [-0.4, -0.2) is 89.1 Å². The topological polar surface area (TPSA) is 88.2 Å².